The lowest BCUT2D eigenvalue weighted by atomic mass is 10.3. The average molecular weight is 358 g/mol. The minimum atomic E-state index is -4.15. The van der Waals surface area contributed by atoms with Gasteiger partial charge >= 0.3 is 6.18 Å². The summed E-state index contributed by atoms with van der Waals surface area (Å²) in [7, 11) is 1.59. The van der Waals surface area contributed by atoms with Crippen molar-refractivity contribution in [3.63, 3.8) is 0 Å². The summed E-state index contributed by atoms with van der Waals surface area (Å²) in [6.45, 7) is 4.41. The fourth-order valence-electron chi connectivity index (χ4n) is 2.64. The third kappa shape index (κ3) is 7.21. The highest BCUT2D eigenvalue weighted by atomic mass is 19.4. The van der Waals surface area contributed by atoms with Gasteiger partial charge in [0.05, 0.1) is 6.42 Å². The van der Waals surface area contributed by atoms with Gasteiger partial charge in [0.1, 0.15) is 12.4 Å². The molecule has 8 heteroatoms. The highest BCUT2D eigenvalue weighted by molar-refractivity contribution is 5.79. The van der Waals surface area contributed by atoms with Crippen molar-refractivity contribution in [1.82, 2.24) is 15.1 Å². The molecule has 1 fully saturated rings. The Labute approximate surface area is 146 Å². The van der Waals surface area contributed by atoms with Crippen LogP contribution >= 0.6 is 0 Å². The van der Waals surface area contributed by atoms with Crippen LogP contribution < -0.4 is 10.1 Å². The van der Waals surface area contributed by atoms with E-state index in [4.69, 9.17) is 4.74 Å². The number of guanidine groups is 1. The fourth-order valence-corrected chi connectivity index (χ4v) is 2.64. The van der Waals surface area contributed by atoms with Gasteiger partial charge in [0.2, 0.25) is 0 Å². The van der Waals surface area contributed by atoms with Crippen LogP contribution in [0, 0.1) is 0 Å². The van der Waals surface area contributed by atoms with Crippen molar-refractivity contribution in [2.45, 2.75) is 12.6 Å². The molecule has 0 spiro atoms. The second-order valence-corrected chi connectivity index (χ2v) is 5.83. The van der Waals surface area contributed by atoms with E-state index < -0.39 is 12.6 Å². The molecule has 0 atom stereocenters. The lowest BCUT2D eigenvalue weighted by molar-refractivity contribution is -0.132. The summed E-state index contributed by atoms with van der Waals surface area (Å²) in [6, 6.07) is 9.67. The molecular formula is C17H25F3N4O. The number of piperazine rings is 1. The molecule has 1 aliphatic rings. The Morgan fingerprint density at radius 2 is 1.84 bits per heavy atom. The Hall–Kier alpha value is -1.96. The Bertz CT molecular complexity index is 528. The normalized spacial score (nSPS) is 16.8. The van der Waals surface area contributed by atoms with Crippen molar-refractivity contribution >= 4 is 5.96 Å². The Balaban J connectivity index is 1.66. The van der Waals surface area contributed by atoms with Crippen molar-refractivity contribution in [3.05, 3.63) is 30.3 Å². The molecule has 140 valence electrons. The largest absolute Gasteiger partial charge is 0.492 e. The predicted octanol–water partition coefficient (Wildman–Crippen LogP) is 2.21. The summed E-state index contributed by atoms with van der Waals surface area (Å²) in [5.41, 5.74) is 0. The number of para-hydroxylation sites is 1. The van der Waals surface area contributed by atoms with Crippen LogP contribution in [-0.2, 0) is 0 Å². The molecule has 25 heavy (non-hydrogen) atoms. The second kappa shape index (κ2) is 9.50. The Kier molecular flexibility index (Phi) is 7.36. The number of rotatable bonds is 6. The molecule has 1 N–H and O–H groups in total. The van der Waals surface area contributed by atoms with E-state index in [9.17, 15) is 13.2 Å². The van der Waals surface area contributed by atoms with Crippen molar-refractivity contribution in [2.75, 3.05) is 52.9 Å². The Morgan fingerprint density at radius 1 is 1.16 bits per heavy atom. The SMILES string of the molecule is CN=C(NCCC(F)(F)F)N1CCN(CCOc2ccccc2)CC1. The molecule has 1 heterocycles. The summed E-state index contributed by atoms with van der Waals surface area (Å²) in [5, 5.41) is 2.79. The van der Waals surface area contributed by atoms with Gasteiger partial charge in [-0.05, 0) is 12.1 Å². The number of nitrogens with one attached hydrogen (secondary N) is 1. The first-order valence-corrected chi connectivity index (χ1v) is 8.40. The highest BCUT2D eigenvalue weighted by Gasteiger charge is 2.27. The van der Waals surface area contributed by atoms with E-state index in [1.807, 2.05) is 35.2 Å². The van der Waals surface area contributed by atoms with Gasteiger partial charge in [-0.1, -0.05) is 18.2 Å². The first-order valence-electron chi connectivity index (χ1n) is 8.40. The number of hydrogen-bond acceptors (Lipinski definition) is 3. The van der Waals surface area contributed by atoms with Gasteiger partial charge < -0.3 is 15.0 Å². The zero-order chi connectivity index (χ0) is 18.1. The number of hydrogen-bond donors (Lipinski definition) is 1. The van der Waals surface area contributed by atoms with E-state index in [-0.39, 0.29) is 6.54 Å². The number of halogens is 3. The van der Waals surface area contributed by atoms with Gasteiger partial charge in [-0.3, -0.25) is 9.89 Å². The van der Waals surface area contributed by atoms with Crippen LogP contribution in [0.15, 0.2) is 35.3 Å². The average Bonchev–Trinajstić information content (AvgIpc) is 2.60. The summed E-state index contributed by atoms with van der Waals surface area (Å²) >= 11 is 0. The maximum Gasteiger partial charge on any atom is 0.390 e. The molecule has 0 aliphatic carbocycles. The minimum Gasteiger partial charge on any atom is -0.492 e. The summed E-state index contributed by atoms with van der Waals surface area (Å²) in [6.07, 6.45) is -5.01. The molecule has 0 bridgehead atoms. The molecule has 1 aromatic carbocycles. The number of benzene rings is 1. The lowest BCUT2D eigenvalue weighted by Crippen LogP contribution is -2.53. The van der Waals surface area contributed by atoms with Crippen LogP contribution in [0.25, 0.3) is 0 Å². The second-order valence-electron chi connectivity index (χ2n) is 5.83. The zero-order valence-corrected chi connectivity index (χ0v) is 14.4. The minimum absolute atomic E-state index is 0.151. The molecule has 2 rings (SSSR count). The van der Waals surface area contributed by atoms with E-state index in [1.54, 1.807) is 7.05 Å². The number of nitrogens with zero attached hydrogens (tertiary/aromatic N) is 3. The molecule has 0 aromatic heterocycles. The molecule has 0 amide bonds. The summed E-state index contributed by atoms with van der Waals surface area (Å²) in [4.78, 5) is 8.35. The molecule has 5 nitrogen and oxygen atoms in total. The van der Waals surface area contributed by atoms with E-state index in [0.717, 1.165) is 38.5 Å². The lowest BCUT2D eigenvalue weighted by Gasteiger charge is -2.36. The molecule has 0 radical (unpaired) electrons. The van der Waals surface area contributed by atoms with Crippen molar-refractivity contribution < 1.29 is 17.9 Å². The molecule has 0 unspecified atom stereocenters. The van der Waals surface area contributed by atoms with Gasteiger partial charge in [-0.15, -0.1) is 0 Å². The van der Waals surface area contributed by atoms with Crippen LogP contribution in [0.3, 0.4) is 0 Å². The summed E-state index contributed by atoms with van der Waals surface area (Å²) < 4.78 is 42.4. The van der Waals surface area contributed by atoms with Crippen LogP contribution in [0.1, 0.15) is 6.42 Å². The van der Waals surface area contributed by atoms with Gasteiger partial charge in [0.15, 0.2) is 5.96 Å². The smallest absolute Gasteiger partial charge is 0.390 e. The van der Waals surface area contributed by atoms with Gasteiger partial charge in [-0.2, -0.15) is 13.2 Å². The zero-order valence-electron chi connectivity index (χ0n) is 14.4. The maximum absolute atomic E-state index is 12.2. The van der Waals surface area contributed by atoms with E-state index in [0.29, 0.717) is 12.6 Å². The quantitative estimate of drug-likeness (QED) is 0.625. The van der Waals surface area contributed by atoms with Gasteiger partial charge in [0.25, 0.3) is 0 Å². The molecule has 1 aromatic rings. The molecular weight excluding hydrogens is 333 g/mol. The first-order chi connectivity index (χ1) is 12.0. The van der Waals surface area contributed by atoms with Crippen molar-refractivity contribution in [2.24, 2.45) is 4.99 Å². The van der Waals surface area contributed by atoms with Gasteiger partial charge in [-0.25, -0.2) is 0 Å². The number of aliphatic imine (C=N–C) groups is 1. The first kappa shape index (κ1) is 19.4. The maximum atomic E-state index is 12.2. The monoisotopic (exact) mass is 358 g/mol. The predicted molar refractivity (Wildman–Crippen MR) is 92.0 cm³/mol. The van der Waals surface area contributed by atoms with Gasteiger partial charge in [0, 0.05) is 46.3 Å². The van der Waals surface area contributed by atoms with E-state index in [2.05, 4.69) is 15.2 Å². The van der Waals surface area contributed by atoms with E-state index >= 15 is 0 Å². The number of ether oxygens (including phenoxy) is 1. The van der Waals surface area contributed by atoms with Crippen molar-refractivity contribution in [1.29, 1.82) is 0 Å². The van der Waals surface area contributed by atoms with Crippen LogP contribution in [0.5, 0.6) is 5.75 Å². The van der Waals surface area contributed by atoms with Crippen LogP contribution in [-0.4, -0.2) is 74.9 Å². The molecule has 0 saturated carbocycles. The third-order valence-corrected chi connectivity index (χ3v) is 3.99. The highest BCUT2D eigenvalue weighted by Crippen LogP contribution is 2.18. The number of alkyl halides is 3. The Morgan fingerprint density at radius 3 is 2.44 bits per heavy atom. The standard InChI is InChI=1S/C17H25F3N4O/c1-21-16(22-8-7-17(18,19)20)24-11-9-23(10-12-24)13-14-25-15-5-3-2-4-6-15/h2-6H,7-14H2,1H3,(H,21,22). The molecule has 1 aliphatic heterocycles. The van der Waals surface area contributed by atoms with Crippen molar-refractivity contribution in [3.8, 4) is 5.75 Å². The topological polar surface area (TPSA) is 40.1 Å². The fraction of sp³-hybridized carbons (Fsp3) is 0.588. The van der Waals surface area contributed by atoms with Crippen LogP contribution in [0.2, 0.25) is 0 Å². The van der Waals surface area contributed by atoms with Crippen LogP contribution in [0.4, 0.5) is 13.2 Å². The summed E-state index contributed by atoms with van der Waals surface area (Å²) in [5.74, 6) is 1.39. The van der Waals surface area contributed by atoms with E-state index in [1.165, 1.54) is 0 Å². The third-order valence-electron chi connectivity index (χ3n) is 3.99. The molecule has 1 saturated heterocycles.